The number of halogens is 3. The average Bonchev–Trinajstić information content (AvgIpc) is 2.74. The molecule has 0 aliphatic carbocycles. The zero-order valence-electron chi connectivity index (χ0n) is 9.25. The van der Waals surface area contributed by atoms with Crippen LogP contribution in [0.5, 0.6) is 0 Å². The molecule has 1 aliphatic rings. The molecule has 1 saturated heterocycles. The van der Waals surface area contributed by atoms with E-state index in [1.165, 1.54) is 6.42 Å². The molecule has 7 heteroatoms. The van der Waals surface area contributed by atoms with Crippen LogP contribution in [0.4, 0.5) is 0 Å². The highest BCUT2D eigenvalue weighted by atomic mass is 35.5. The Bertz CT molecular complexity index is 355. The predicted molar refractivity (Wildman–Crippen MR) is 72.0 cm³/mol. The van der Waals surface area contributed by atoms with Crippen LogP contribution in [0.2, 0.25) is 10.4 Å². The molecule has 96 valence electrons. The maximum atomic E-state index is 5.94. The van der Waals surface area contributed by atoms with Crippen molar-refractivity contribution in [3.63, 3.8) is 0 Å². The summed E-state index contributed by atoms with van der Waals surface area (Å²) >= 11 is 11.6. The van der Waals surface area contributed by atoms with Crippen molar-refractivity contribution in [3.05, 3.63) is 22.2 Å². The van der Waals surface area contributed by atoms with Crippen LogP contribution in [-0.2, 0) is 6.54 Å². The van der Waals surface area contributed by atoms with E-state index in [0.717, 1.165) is 25.2 Å². The van der Waals surface area contributed by atoms with Crippen LogP contribution in [0, 0.1) is 5.92 Å². The van der Waals surface area contributed by atoms with Gasteiger partial charge in [-0.15, -0.1) is 12.4 Å². The number of nitrogens with zero attached hydrogens (tertiary/aromatic N) is 2. The first kappa shape index (κ1) is 14.9. The topological polar surface area (TPSA) is 49.8 Å². The van der Waals surface area contributed by atoms with E-state index in [0.29, 0.717) is 17.6 Å². The van der Waals surface area contributed by atoms with Crippen LogP contribution in [0.1, 0.15) is 12.0 Å². The van der Waals surface area contributed by atoms with Gasteiger partial charge in [0.15, 0.2) is 0 Å². The number of hydrogen-bond acceptors (Lipinski definition) is 4. The highest BCUT2D eigenvalue weighted by Crippen LogP contribution is 2.14. The minimum Gasteiger partial charge on any atom is -0.316 e. The van der Waals surface area contributed by atoms with Gasteiger partial charge >= 0.3 is 0 Å². The molecule has 0 amide bonds. The molecular formula is C10H15Cl3N4. The zero-order chi connectivity index (χ0) is 11.4. The normalized spacial score (nSPS) is 19.1. The van der Waals surface area contributed by atoms with E-state index >= 15 is 0 Å². The molecule has 0 saturated carbocycles. The molecule has 1 aromatic heterocycles. The SMILES string of the molecule is Cl.Clc1ncc(CNCC2CCNC2)c(Cl)n1. The third kappa shape index (κ3) is 4.56. The predicted octanol–water partition coefficient (Wildman–Crippen LogP) is 1.90. The van der Waals surface area contributed by atoms with Gasteiger partial charge in [0.1, 0.15) is 5.15 Å². The largest absolute Gasteiger partial charge is 0.316 e. The van der Waals surface area contributed by atoms with E-state index in [1.54, 1.807) is 6.20 Å². The minimum absolute atomic E-state index is 0. The van der Waals surface area contributed by atoms with Gasteiger partial charge in [-0.3, -0.25) is 0 Å². The van der Waals surface area contributed by atoms with Crippen LogP contribution in [-0.4, -0.2) is 29.6 Å². The average molecular weight is 298 g/mol. The van der Waals surface area contributed by atoms with E-state index in [2.05, 4.69) is 20.6 Å². The Kier molecular flexibility index (Phi) is 6.44. The van der Waals surface area contributed by atoms with Gasteiger partial charge in [-0.1, -0.05) is 11.6 Å². The minimum atomic E-state index is 0. The molecule has 0 spiro atoms. The molecule has 4 nitrogen and oxygen atoms in total. The molecule has 0 bridgehead atoms. The Hall–Kier alpha value is -0.130. The van der Waals surface area contributed by atoms with Crippen LogP contribution in [0.15, 0.2) is 6.20 Å². The first-order valence-electron chi connectivity index (χ1n) is 5.34. The summed E-state index contributed by atoms with van der Waals surface area (Å²) in [5.41, 5.74) is 0.886. The van der Waals surface area contributed by atoms with Gasteiger partial charge < -0.3 is 10.6 Å². The maximum absolute atomic E-state index is 5.94. The van der Waals surface area contributed by atoms with Crippen molar-refractivity contribution in [2.45, 2.75) is 13.0 Å². The number of aromatic nitrogens is 2. The quantitative estimate of drug-likeness (QED) is 0.658. The highest BCUT2D eigenvalue weighted by Gasteiger charge is 2.13. The fraction of sp³-hybridized carbons (Fsp3) is 0.600. The summed E-state index contributed by atoms with van der Waals surface area (Å²) in [4.78, 5) is 7.80. The van der Waals surface area contributed by atoms with Gasteiger partial charge in [-0.2, -0.15) is 0 Å². The van der Waals surface area contributed by atoms with E-state index in [1.807, 2.05) is 0 Å². The summed E-state index contributed by atoms with van der Waals surface area (Å²) in [7, 11) is 0. The molecule has 2 rings (SSSR count). The standard InChI is InChI=1S/C10H14Cl2N4.ClH/c11-9-8(6-15-10(12)16-9)5-14-4-7-1-2-13-3-7;/h6-7,13-14H,1-5H2;1H. The van der Waals surface area contributed by atoms with Crippen molar-refractivity contribution in [2.24, 2.45) is 5.92 Å². The molecule has 17 heavy (non-hydrogen) atoms. The van der Waals surface area contributed by atoms with E-state index in [4.69, 9.17) is 23.2 Å². The van der Waals surface area contributed by atoms with Crippen molar-refractivity contribution in [1.82, 2.24) is 20.6 Å². The molecule has 1 aliphatic heterocycles. The molecule has 2 N–H and O–H groups in total. The summed E-state index contributed by atoms with van der Waals surface area (Å²) in [6.07, 6.45) is 2.90. The zero-order valence-corrected chi connectivity index (χ0v) is 11.6. The second-order valence-electron chi connectivity index (χ2n) is 3.94. The lowest BCUT2D eigenvalue weighted by molar-refractivity contribution is 0.512. The van der Waals surface area contributed by atoms with Gasteiger partial charge in [0, 0.05) is 18.3 Å². The van der Waals surface area contributed by atoms with Crippen LogP contribution >= 0.6 is 35.6 Å². The molecule has 1 aromatic rings. The third-order valence-electron chi connectivity index (χ3n) is 2.69. The van der Waals surface area contributed by atoms with E-state index in [-0.39, 0.29) is 17.7 Å². The van der Waals surface area contributed by atoms with E-state index < -0.39 is 0 Å². The Labute approximate surface area is 117 Å². The van der Waals surface area contributed by atoms with Gasteiger partial charge in [0.2, 0.25) is 5.28 Å². The maximum Gasteiger partial charge on any atom is 0.223 e. The lowest BCUT2D eigenvalue weighted by atomic mass is 10.1. The molecule has 1 unspecified atom stereocenters. The summed E-state index contributed by atoms with van der Waals surface area (Å²) in [6.45, 7) is 3.90. The van der Waals surface area contributed by atoms with E-state index in [9.17, 15) is 0 Å². The van der Waals surface area contributed by atoms with Gasteiger partial charge in [0.25, 0.3) is 0 Å². The van der Waals surface area contributed by atoms with Gasteiger partial charge in [-0.25, -0.2) is 9.97 Å². The highest BCUT2D eigenvalue weighted by molar-refractivity contribution is 6.32. The lowest BCUT2D eigenvalue weighted by Gasteiger charge is -2.10. The molecule has 0 radical (unpaired) electrons. The number of nitrogens with one attached hydrogen (secondary N) is 2. The van der Waals surface area contributed by atoms with Crippen molar-refractivity contribution >= 4 is 35.6 Å². The first-order valence-corrected chi connectivity index (χ1v) is 6.09. The van der Waals surface area contributed by atoms with Crippen molar-refractivity contribution in [1.29, 1.82) is 0 Å². The number of hydrogen-bond donors (Lipinski definition) is 2. The Balaban J connectivity index is 0.00000144. The Morgan fingerprint density at radius 2 is 2.29 bits per heavy atom. The summed E-state index contributed by atoms with van der Waals surface area (Å²) < 4.78 is 0. The molecule has 0 aromatic carbocycles. The first-order chi connectivity index (χ1) is 7.75. The smallest absolute Gasteiger partial charge is 0.223 e. The molecule has 1 fully saturated rings. The van der Waals surface area contributed by atoms with Gasteiger partial charge in [-0.05, 0) is 43.6 Å². The third-order valence-corrected chi connectivity index (χ3v) is 3.20. The second kappa shape index (κ2) is 7.34. The fourth-order valence-electron chi connectivity index (χ4n) is 1.78. The lowest BCUT2D eigenvalue weighted by Crippen LogP contribution is -2.24. The van der Waals surface area contributed by atoms with Crippen molar-refractivity contribution in [2.75, 3.05) is 19.6 Å². The Morgan fingerprint density at radius 1 is 1.47 bits per heavy atom. The van der Waals surface area contributed by atoms with Gasteiger partial charge in [0.05, 0.1) is 0 Å². The summed E-state index contributed by atoms with van der Waals surface area (Å²) in [5, 5.41) is 7.30. The summed E-state index contributed by atoms with van der Waals surface area (Å²) in [6, 6.07) is 0. The number of rotatable bonds is 4. The second-order valence-corrected chi connectivity index (χ2v) is 4.64. The van der Waals surface area contributed by atoms with Crippen LogP contribution < -0.4 is 10.6 Å². The monoisotopic (exact) mass is 296 g/mol. The van der Waals surface area contributed by atoms with Crippen LogP contribution in [0.3, 0.4) is 0 Å². The van der Waals surface area contributed by atoms with Crippen molar-refractivity contribution < 1.29 is 0 Å². The van der Waals surface area contributed by atoms with Crippen molar-refractivity contribution in [3.8, 4) is 0 Å². The molecular weight excluding hydrogens is 282 g/mol. The summed E-state index contributed by atoms with van der Waals surface area (Å²) in [5.74, 6) is 0.715. The Morgan fingerprint density at radius 3 is 2.94 bits per heavy atom. The van der Waals surface area contributed by atoms with Crippen LogP contribution in [0.25, 0.3) is 0 Å². The molecule has 2 heterocycles. The fourth-order valence-corrected chi connectivity index (χ4v) is 2.16. The molecule has 1 atom stereocenters.